The molecule has 1 fully saturated rings. The molecular weight excluding hydrogens is 297 g/mol. The molecule has 0 nitrogen and oxygen atoms in total. The van der Waals surface area contributed by atoms with Crippen LogP contribution in [0, 0.1) is 30.3 Å². The highest BCUT2D eigenvalue weighted by molar-refractivity contribution is 6.03. The van der Waals surface area contributed by atoms with Crippen molar-refractivity contribution in [3.8, 4) is 22.3 Å². The molecule has 0 aromatic heterocycles. The lowest BCUT2D eigenvalue weighted by molar-refractivity contribution is 0.342. The molecule has 0 amide bonds. The molecule has 0 heterocycles. The zero-order chi connectivity index (χ0) is 16.3. The van der Waals surface area contributed by atoms with Crippen LogP contribution in [-0.2, 0) is 0 Å². The number of rotatable bonds is 1. The molecule has 0 atom stereocenters. The Balaban J connectivity index is 1.79. The summed E-state index contributed by atoms with van der Waals surface area (Å²) in [7, 11) is 0. The van der Waals surface area contributed by atoms with Crippen molar-refractivity contribution in [1.82, 2.24) is 0 Å². The summed E-state index contributed by atoms with van der Waals surface area (Å²) in [5, 5.41) is 0. The summed E-state index contributed by atoms with van der Waals surface area (Å²) in [5.74, 6) is -1.25. The van der Waals surface area contributed by atoms with E-state index < -0.39 is 11.6 Å². The van der Waals surface area contributed by atoms with Crippen molar-refractivity contribution < 1.29 is 13.2 Å². The van der Waals surface area contributed by atoms with Gasteiger partial charge >= 0.3 is 0 Å². The quantitative estimate of drug-likeness (QED) is 0.490. The van der Waals surface area contributed by atoms with Crippen LogP contribution in [0.15, 0.2) is 18.2 Å². The number of fused-ring (bicyclic) bond motifs is 4. The first-order valence-electron chi connectivity index (χ1n) is 8.30. The summed E-state index contributed by atoms with van der Waals surface area (Å²) >= 11 is 0. The third kappa shape index (κ3) is 2.05. The van der Waals surface area contributed by atoms with E-state index >= 15 is 0 Å². The molecule has 2 aromatic carbocycles. The molecule has 120 valence electrons. The van der Waals surface area contributed by atoms with Gasteiger partial charge in [-0.15, -0.1) is 0 Å². The lowest BCUT2D eigenvalue weighted by Gasteiger charge is -2.31. The smallest absolute Gasteiger partial charge is 0.167 e. The Morgan fingerprint density at radius 3 is 2.17 bits per heavy atom. The van der Waals surface area contributed by atoms with E-state index in [2.05, 4.69) is 6.92 Å². The molecule has 0 aliphatic heterocycles. The van der Waals surface area contributed by atoms with Gasteiger partial charge in [0.25, 0.3) is 0 Å². The zero-order valence-electron chi connectivity index (χ0n) is 13.3. The minimum absolute atomic E-state index is 0.117. The van der Waals surface area contributed by atoms with Crippen LogP contribution >= 0.6 is 0 Å². The Bertz CT molecular complexity index is 799. The second kappa shape index (κ2) is 5.12. The Labute approximate surface area is 134 Å². The number of hydrogen-bond donors (Lipinski definition) is 0. The maximum Gasteiger partial charge on any atom is 0.167 e. The van der Waals surface area contributed by atoms with Crippen LogP contribution < -0.4 is 0 Å². The maximum atomic E-state index is 15.0. The highest BCUT2D eigenvalue weighted by Crippen LogP contribution is 2.52. The van der Waals surface area contributed by atoms with E-state index in [1.54, 1.807) is 6.07 Å². The van der Waals surface area contributed by atoms with E-state index in [1.807, 2.05) is 12.1 Å². The third-order valence-corrected chi connectivity index (χ3v) is 5.56. The largest absolute Gasteiger partial charge is 0.206 e. The third-order valence-electron chi connectivity index (χ3n) is 5.56. The molecule has 2 aromatic rings. The molecule has 2 aliphatic carbocycles. The van der Waals surface area contributed by atoms with Crippen molar-refractivity contribution >= 4 is 0 Å². The average Bonchev–Trinajstić information content (AvgIpc) is 2.52. The van der Waals surface area contributed by atoms with Gasteiger partial charge in [-0.05, 0) is 59.9 Å². The fraction of sp³-hybridized carbons (Fsp3) is 0.400. The molecule has 0 saturated heterocycles. The molecule has 2 aliphatic rings. The van der Waals surface area contributed by atoms with Gasteiger partial charge < -0.3 is 0 Å². The summed E-state index contributed by atoms with van der Waals surface area (Å²) in [6.07, 6.45) is 4.13. The average molecular weight is 316 g/mol. The monoisotopic (exact) mass is 316 g/mol. The van der Waals surface area contributed by atoms with Crippen LogP contribution in [0.4, 0.5) is 13.2 Å². The van der Waals surface area contributed by atoms with E-state index in [9.17, 15) is 13.2 Å². The van der Waals surface area contributed by atoms with E-state index in [1.165, 1.54) is 6.92 Å². The highest BCUT2D eigenvalue weighted by atomic mass is 19.2. The van der Waals surface area contributed by atoms with Gasteiger partial charge in [-0.25, -0.2) is 13.2 Å². The van der Waals surface area contributed by atoms with Crippen LogP contribution in [0.2, 0.25) is 0 Å². The molecule has 1 saturated carbocycles. The first kappa shape index (κ1) is 14.8. The summed E-state index contributed by atoms with van der Waals surface area (Å²) in [4.78, 5) is 0. The van der Waals surface area contributed by atoms with Crippen LogP contribution in [-0.4, -0.2) is 0 Å². The maximum absolute atomic E-state index is 15.0. The van der Waals surface area contributed by atoms with Gasteiger partial charge in [-0.2, -0.15) is 0 Å². The molecule has 0 unspecified atom stereocenters. The predicted molar refractivity (Wildman–Crippen MR) is 85.9 cm³/mol. The molecule has 0 N–H and O–H groups in total. The molecular formula is C20H19F3. The van der Waals surface area contributed by atoms with Crippen LogP contribution in [0.3, 0.4) is 0 Å². The standard InChI is InChI=1S/C20H19F3/c1-10-3-5-12(6-4-10)13-7-8-14-15-9-11(2)18(21)20(23)17(15)16(14)19(13)22/h7-10,12H,3-6H2,1-2H3. The summed E-state index contributed by atoms with van der Waals surface area (Å²) in [6, 6.07) is 5.32. The molecule has 3 heteroatoms. The lowest BCUT2D eigenvalue weighted by Crippen LogP contribution is -2.15. The van der Waals surface area contributed by atoms with Crippen LogP contribution in [0.1, 0.15) is 49.7 Å². The van der Waals surface area contributed by atoms with Gasteiger partial charge in [0.1, 0.15) is 5.82 Å². The van der Waals surface area contributed by atoms with Crippen molar-refractivity contribution in [1.29, 1.82) is 0 Å². The van der Waals surface area contributed by atoms with Gasteiger partial charge in [-0.3, -0.25) is 0 Å². The van der Waals surface area contributed by atoms with E-state index in [0.29, 0.717) is 22.6 Å². The zero-order valence-corrected chi connectivity index (χ0v) is 13.3. The minimum atomic E-state index is -0.916. The topological polar surface area (TPSA) is 0 Å². The SMILES string of the molecule is Cc1cc2c(c(F)c1F)-c1c-2ccc(C2CCC(C)CC2)c1F. The van der Waals surface area contributed by atoms with Crippen molar-refractivity contribution in [3.63, 3.8) is 0 Å². The number of benzene rings is 2. The molecule has 0 bridgehead atoms. The normalized spacial score (nSPS) is 22.3. The first-order chi connectivity index (χ1) is 11.0. The first-order valence-corrected chi connectivity index (χ1v) is 8.30. The number of hydrogen-bond acceptors (Lipinski definition) is 0. The summed E-state index contributed by atoms with van der Waals surface area (Å²) < 4.78 is 43.1. The van der Waals surface area contributed by atoms with Gasteiger partial charge in [0.15, 0.2) is 11.6 Å². The molecule has 23 heavy (non-hydrogen) atoms. The molecule has 4 rings (SSSR count). The van der Waals surface area contributed by atoms with Gasteiger partial charge in [0.2, 0.25) is 0 Å². The Morgan fingerprint density at radius 1 is 0.826 bits per heavy atom. The van der Waals surface area contributed by atoms with Gasteiger partial charge in [0.05, 0.1) is 0 Å². The Morgan fingerprint density at radius 2 is 1.48 bits per heavy atom. The van der Waals surface area contributed by atoms with Gasteiger partial charge in [0, 0.05) is 11.1 Å². The number of halogens is 3. The van der Waals surface area contributed by atoms with Gasteiger partial charge in [-0.1, -0.05) is 31.9 Å². The predicted octanol–water partition coefficient (Wildman–Crippen LogP) is 6.35. The van der Waals surface area contributed by atoms with Crippen molar-refractivity contribution in [2.45, 2.75) is 45.4 Å². The lowest BCUT2D eigenvalue weighted by atomic mass is 9.74. The van der Waals surface area contributed by atoms with Crippen molar-refractivity contribution in [2.75, 3.05) is 0 Å². The van der Waals surface area contributed by atoms with E-state index in [4.69, 9.17) is 0 Å². The summed E-state index contributed by atoms with van der Waals surface area (Å²) in [5.41, 5.74) is 2.64. The van der Waals surface area contributed by atoms with Crippen molar-refractivity contribution in [2.24, 2.45) is 5.92 Å². The van der Waals surface area contributed by atoms with Crippen LogP contribution in [0.25, 0.3) is 22.3 Å². The minimum Gasteiger partial charge on any atom is -0.206 e. The molecule has 0 spiro atoms. The second-order valence-corrected chi connectivity index (χ2v) is 7.09. The van der Waals surface area contributed by atoms with E-state index in [-0.39, 0.29) is 28.4 Å². The highest BCUT2D eigenvalue weighted by Gasteiger charge is 2.34. The Hall–Kier alpha value is -1.77. The Kier molecular flexibility index (Phi) is 3.29. The summed E-state index contributed by atoms with van der Waals surface area (Å²) in [6.45, 7) is 3.76. The van der Waals surface area contributed by atoms with E-state index in [0.717, 1.165) is 25.7 Å². The van der Waals surface area contributed by atoms with Crippen LogP contribution in [0.5, 0.6) is 0 Å². The van der Waals surface area contributed by atoms with Crippen molar-refractivity contribution in [3.05, 3.63) is 46.8 Å². The number of aryl methyl sites for hydroxylation is 1. The second-order valence-electron chi connectivity index (χ2n) is 7.09. The fourth-order valence-corrected chi connectivity index (χ4v) is 4.09. The molecule has 0 radical (unpaired) electrons. The fourth-order valence-electron chi connectivity index (χ4n) is 4.09.